The first kappa shape index (κ1) is 15.3. The molecule has 1 aromatic heterocycles. The predicted octanol–water partition coefficient (Wildman–Crippen LogP) is -0.722. The van der Waals surface area contributed by atoms with Gasteiger partial charge in [0.25, 0.3) is 5.56 Å². The number of hydrogen-bond donors (Lipinski definition) is 3. The van der Waals surface area contributed by atoms with Gasteiger partial charge in [0.15, 0.2) is 6.23 Å². The van der Waals surface area contributed by atoms with Crippen LogP contribution in [0.3, 0.4) is 0 Å². The largest absolute Gasteiger partial charge is 0.394 e. The maximum absolute atomic E-state index is 12.7. The van der Waals surface area contributed by atoms with Crippen LogP contribution in [0.25, 0.3) is 0 Å². The molecule has 0 fully saturated rings. The molecule has 19 heavy (non-hydrogen) atoms. The van der Waals surface area contributed by atoms with Crippen molar-refractivity contribution in [1.29, 1.82) is 0 Å². The maximum atomic E-state index is 12.7. The van der Waals surface area contributed by atoms with E-state index in [4.69, 9.17) is 14.9 Å². The highest BCUT2D eigenvalue weighted by Gasteiger charge is 2.21. The molecule has 7 nitrogen and oxygen atoms in total. The van der Waals surface area contributed by atoms with Crippen LogP contribution in [0.4, 0.5) is 4.39 Å². The first-order chi connectivity index (χ1) is 9.03. The molecular weight excluding hydrogens is 259 g/mol. The Kier molecular flexibility index (Phi) is 5.61. The van der Waals surface area contributed by atoms with Crippen molar-refractivity contribution in [2.75, 3.05) is 13.2 Å². The van der Waals surface area contributed by atoms with Crippen molar-refractivity contribution < 1.29 is 19.3 Å². The highest BCUT2D eigenvalue weighted by atomic mass is 19.1. The van der Waals surface area contributed by atoms with Gasteiger partial charge >= 0.3 is 5.69 Å². The minimum atomic E-state index is -1.25. The Hall–Kier alpha value is -1.77. The second kappa shape index (κ2) is 6.98. The van der Waals surface area contributed by atoms with Gasteiger partial charge in [-0.05, 0) is 6.92 Å². The number of aromatic amines is 1. The fourth-order valence-corrected chi connectivity index (χ4v) is 1.37. The SMILES string of the molecule is CC(CO)O[C@@H](/C(=C/F)CO)n1ccc(=O)[nH]c1=O. The van der Waals surface area contributed by atoms with Crippen LogP contribution in [0.5, 0.6) is 0 Å². The first-order valence-corrected chi connectivity index (χ1v) is 5.51. The number of aromatic nitrogens is 2. The van der Waals surface area contributed by atoms with Gasteiger partial charge in [0.05, 0.1) is 25.6 Å². The number of H-pyrrole nitrogens is 1. The van der Waals surface area contributed by atoms with Crippen molar-refractivity contribution >= 4 is 0 Å². The van der Waals surface area contributed by atoms with E-state index in [2.05, 4.69) is 0 Å². The summed E-state index contributed by atoms with van der Waals surface area (Å²) in [6.07, 6.45) is -0.701. The van der Waals surface area contributed by atoms with Crippen LogP contribution in [-0.4, -0.2) is 39.1 Å². The summed E-state index contributed by atoms with van der Waals surface area (Å²) in [4.78, 5) is 24.6. The van der Waals surface area contributed by atoms with E-state index < -0.39 is 30.2 Å². The van der Waals surface area contributed by atoms with Gasteiger partial charge in [-0.1, -0.05) is 0 Å². The summed E-state index contributed by atoms with van der Waals surface area (Å²) in [5.41, 5.74) is -1.63. The number of hydrogen-bond acceptors (Lipinski definition) is 5. The molecule has 0 saturated heterocycles. The number of nitrogens with zero attached hydrogens (tertiary/aromatic N) is 1. The lowest BCUT2D eigenvalue weighted by Crippen LogP contribution is -2.35. The molecule has 1 aromatic rings. The highest BCUT2D eigenvalue weighted by Crippen LogP contribution is 2.19. The van der Waals surface area contributed by atoms with Gasteiger partial charge in [0, 0.05) is 17.8 Å². The summed E-state index contributed by atoms with van der Waals surface area (Å²) in [5, 5.41) is 18.0. The van der Waals surface area contributed by atoms with Crippen molar-refractivity contribution in [2.45, 2.75) is 19.3 Å². The molecule has 0 saturated carbocycles. The molecule has 0 aromatic carbocycles. The van der Waals surface area contributed by atoms with Crippen LogP contribution < -0.4 is 11.2 Å². The van der Waals surface area contributed by atoms with Gasteiger partial charge in [0.1, 0.15) is 0 Å². The summed E-state index contributed by atoms with van der Waals surface area (Å²) in [6, 6.07) is 1.06. The van der Waals surface area contributed by atoms with Gasteiger partial charge < -0.3 is 14.9 Å². The molecule has 1 rings (SSSR count). The van der Waals surface area contributed by atoms with Crippen LogP contribution in [0, 0.1) is 0 Å². The molecule has 1 unspecified atom stereocenters. The molecule has 0 amide bonds. The maximum Gasteiger partial charge on any atom is 0.330 e. The van der Waals surface area contributed by atoms with Gasteiger partial charge in [-0.2, -0.15) is 0 Å². The monoisotopic (exact) mass is 274 g/mol. The zero-order valence-electron chi connectivity index (χ0n) is 10.2. The molecule has 1 heterocycles. The van der Waals surface area contributed by atoms with Crippen LogP contribution in [0.15, 0.2) is 33.8 Å². The average molecular weight is 274 g/mol. The summed E-state index contributed by atoms with van der Waals surface area (Å²) in [7, 11) is 0. The second-order valence-corrected chi connectivity index (χ2v) is 3.84. The minimum Gasteiger partial charge on any atom is -0.394 e. The molecule has 0 aliphatic carbocycles. The van der Waals surface area contributed by atoms with E-state index in [1.54, 1.807) is 0 Å². The van der Waals surface area contributed by atoms with Gasteiger partial charge in [-0.3, -0.25) is 14.3 Å². The first-order valence-electron chi connectivity index (χ1n) is 5.51. The molecule has 0 bridgehead atoms. The van der Waals surface area contributed by atoms with E-state index in [9.17, 15) is 14.0 Å². The molecular formula is C11H15FN2O5. The smallest absolute Gasteiger partial charge is 0.330 e. The summed E-state index contributed by atoms with van der Waals surface area (Å²) < 4.78 is 18.9. The van der Waals surface area contributed by atoms with Crippen molar-refractivity contribution in [1.82, 2.24) is 9.55 Å². The van der Waals surface area contributed by atoms with E-state index in [0.29, 0.717) is 0 Å². The summed E-state index contributed by atoms with van der Waals surface area (Å²) in [6.45, 7) is 0.488. The number of aliphatic hydroxyl groups excluding tert-OH is 2. The van der Waals surface area contributed by atoms with E-state index >= 15 is 0 Å². The third-order valence-corrected chi connectivity index (χ3v) is 2.36. The average Bonchev–Trinajstić information content (AvgIpc) is 2.39. The van der Waals surface area contributed by atoms with E-state index in [1.165, 1.54) is 6.92 Å². The number of ether oxygens (including phenoxy) is 1. The van der Waals surface area contributed by atoms with E-state index in [0.717, 1.165) is 16.8 Å². The Morgan fingerprint density at radius 2 is 2.26 bits per heavy atom. The Morgan fingerprint density at radius 1 is 1.58 bits per heavy atom. The third-order valence-electron chi connectivity index (χ3n) is 2.36. The van der Waals surface area contributed by atoms with Gasteiger partial charge in [-0.25, -0.2) is 9.18 Å². The Morgan fingerprint density at radius 3 is 2.74 bits per heavy atom. The lowest BCUT2D eigenvalue weighted by Gasteiger charge is -2.23. The van der Waals surface area contributed by atoms with Crippen LogP contribution >= 0.6 is 0 Å². The number of rotatable bonds is 6. The lowest BCUT2D eigenvalue weighted by atomic mass is 10.2. The highest BCUT2D eigenvalue weighted by molar-refractivity contribution is 5.05. The molecule has 0 aliphatic heterocycles. The van der Waals surface area contributed by atoms with E-state index in [1.807, 2.05) is 4.98 Å². The Bertz CT molecular complexity index is 551. The van der Waals surface area contributed by atoms with Crippen LogP contribution in [0.2, 0.25) is 0 Å². The van der Waals surface area contributed by atoms with Gasteiger partial charge in [0.2, 0.25) is 0 Å². The third kappa shape index (κ3) is 3.85. The fourth-order valence-electron chi connectivity index (χ4n) is 1.37. The van der Waals surface area contributed by atoms with Crippen LogP contribution in [0.1, 0.15) is 13.2 Å². The minimum absolute atomic E-state index is 0.117. The van der Waals surface area contributed by atoms with Crippen molar-refractivity contribution in [2.24, 2.45) is 0 Å². The van der Waals surface area contributed by atoms with Crippen LogP contribution in [-0.2, 0) is 4.74 Å². The molecule has 106 valence electrons. The normalized spacial score (nSPS) is 15.3. The van der Waals surface area contributed by atoms with Gasteiger partial charge in [-0.15, -0.1) is 0 Å². The standard InChI is InChI=1S/C11H15FN2O5/c1-7(5-15)19-10(8(4-12)6-16)14-3-2-9(17)13-11(14)18/h2-4,7,10,15-16H,5-6H2,1H3,(H,13,17,18)/b8-4+/t7?,10-/m0/s1. The molecule has 8 heteroatoms. The summed E-state index contributed by atoms with van der Waals surface area (Å²) in [5.74, 6) is 0. The molecule has 3 N–H and O–H groups in total. The van der Waals surface area contributed by atoms with Crippen molar-refractivity contribution in [3.63, 3.8) is 0 Å². The Balaban J connectivity index is 3.22. The number of halogens is 1. The number of nitrogens with one attached hydrogen (secondary N) is 1. The molecule has 0 spiro atoms. The fraction of sp³-hybridized carbons (Fsp3) is 0.455. The van der Waals surface area contributed by atoms with Crippen molar-refractivity contribution in [3.05, 3.63) is 45.0 Å². The zero-order valence-corrected chi connectivity index (χ0v) is 10.2. The second-order valence-electron chi connectivity index (χ2n) is 3.84. The molecule has 0 aliphatic rings. The topological polar surface area (TPSA) is 105 Å². The quantitative estimate of drug-likeness (QED) is 0.635. The molecule has 0 radical (unpaired) electrons. The molecule has 2 atom stereocenters. The zero-order chi connectivity index (χ0) is 14.4. The number of aliphatic hydroxyl groups is 2. The van der Waals surface area contributed by atoms with Crippen molar-refractivity contribution in [3.8, 4) is 0 Å². The Labute approximate surface area is 107 Å². The summed E-state index contributed by atoms with van der Waals surface area (Å²) >= 11 is 0. The predicted molar refractivity (Wildman–Crippen MR) is 64.3 cm³/mol. The lowest BCUT2D eigenvalue weighted by molar-refractivity contribution is -0.0529. The van der Waals surface area contributed by atoms with E-state index in [-0.39, 0.29) is 18.5 Å².